The van der Waals surface area contributed by atoms with Crippen molar-refractivity contribution < 1.29 is 24.5 Å². The van der Waals surface area contributed by atoms with Crippen molar-refractivity contribution in [2.24, 2.45) is 0 Å². The molecule has 0 rings (SSSR count). The number of unbranched alkanes of at least 4 members (excludes halogenated alkanes) is 42. The van der Waals surface area contributed by atoms with Crippen molar-refractivity contribution in [2.45, 2.75) is 334 Å². The smallest absolute Gasteiger partial charge is 0.305 e. The predicted octanol–water partition coefficient (Wildman–Crippen LogP) is 18.2. The highest BCUT2D eigenvalue weighted by Gasteiger charge is 2.18. The van der Waals surface area contributed by atoms with Gasteiger partial charge in [-0.25, -0.2) is 0 Å². The van der Waals surface area contributed by atoms with Gasteiger partial charge in [0.2, 0.25) is 5.91 Å². The van der Waals surface area contributed by atoms with Crippen LogP contribution in [-0.2, 0) is 14.3 Å². The molecule has 6 heteroatoms. The minimum absolute atomic E-state index is 0.0115. The lowest BCUT2D eigenvalue weighted by Gasteiger charge is -2.20. The van der Waals surface area contributed by atoms with E-state index in [1.54, 1.807) is 6.08 Å². The molecule has 0 radical (unpaired) electrons. The van der Waals surface area contributed by atoms with E-state index in [2.05, 4.69) is 31.3 Å². The van der Waals surface area contributed by atoms with Crippen molar-refractivity contribution in [3.05, 3.63) is 24.3 Å². The summed E-state index contributed by atoms with van der Waals surface area (Å²) in [5.74, 6) is -0.0649. The number of aliphatic hydroxyl groups excluding tert-OH is 2. The first kappa shape index (κ1) is 64.3. The van der Waals surface area contributed by atoms with Gasteiger partial charge in [0.05, 0.1) is 25.4 Å². The minimum atomic E-state index is -0.847. The second-order valence-corrected chi connectivity index (χ2v) is 20.3. The van der Waals surface area contributed by atoms with E-state index in [-0.39, 0.29) is 18.5 Å². The lowest BCUT2D eigenvalue weighted by molar-refractivity contribution is -0.143. The highest BCUT2D eigenvalue weighted by Crippen LogP contribution is 2.17. The van der Waals surface area contributed by atoms with Gasteiger partial charge in [-0.15, -0.1) is 0 Å². The molecule has 0 saturated heterocycles. The summed E-state index contributed by atoms with van der Waals surface area (Å²) in [6.45, 7) is 4.90. The van der Waals surface area contributed by atoms with E-state index in [1.165, 1.54) is 250 Å². The Labute approximate surface area is 411 Å². The number of hydrogen-bond acceptors (Lipinski definition) is 5. The molecular weight excluding hydrogens is 815 g/mol. The van der Waals surface area contributed by atoms with Gasteiger partial charge in [0.15, 0.2) is 0 Å². The summed E-state index contributed by atoms with van der Waals surface area (Å²) < 4.78 is 5.49. The van der Waals surface area contributed by atoms with Gasteiger partial charge in [0.25, 0.3) is 0 Å². The third kappa shape index (κ3) is 51.7. The van der Waals surface area contributed by atoms with Gasteiger partial charge in [0, 0.05) is 12.8 Å². The summed E-state index contributed by atoms with van der Waals surface area (Å²) >= 11 is 0. The number of aliphatic hydroxyl groups is 2. The zero-order chi connectivity index (χ0) is 47.9. The van der Waals surface area contributed by atoms with Gasteiger partial charge in [-0.3, -0.25) is 9.59 Å². The van der Waals surface area contributed by atoms with Gasteiger partial charge in [-0.1, -0.05) is 276 Å². The fraction of sp³-hybridized carbons (Fsp3) is 0.900. The van der Waals surface area contributed by atoms with Crippen LogP contribution in [0.1, 0.15) is 322 Å². The van der Waals surface area contributed by atoms with Crippen molar-refractivity contribution >= 4 is 11.9 Å². The molecule has 66 heavy (non-hydrogen) atoms. The lowest BCUT2D eigenvalue weighted by Crippen LogP contribution is -2.45. The summed E-state index contributed by atoms with van der Waals surface area (Å²) in [5, 5.41) is 23.0. The maximum absolute atomic E-state index is 12.4. The normalized spacial score (nSPS) is 12.7. The SMILES string of the molecule is CCCCCCCCCCC/C=C/C(O)C(CO)NC(=O)CCCCCCCCC/C=C\CCCCCCCCCCCCOC(=O)CCCCCCCCCCCCCCCCCCC. The van der Waals surface area contributed by atoms with E-state index in [4.69, 9.17) is 4.74 Å². The monoisotopic (exact) mass is 930 g/mol. The standard InChI is InChI=1S/C60H115NO5/c1-3-5-7-9-11-13-15-16-17-23-27-30-34-38-42-46-50-54-60(65)66-55-51-47-43-39-35-31-28-25-22-20-18-19-21-24-26-29-33-37-41-45-49-53-59(64)61-57(56-62)58(63)52-48-44-40-36-32-14-12-10-8-6-4-2/h19,21,48,52,57-58,62-63H,3-18,20,22-47,49-51,53-56H2,1-2H3,(H,61,64)/b21-19-,52-48+. The Bertz CT molecular complexity index is 1030. The Hall–Kier alpha value is -1.66. The van der Waals surface area contributed by atoms with Crippen LogP contribution in [0.25, 0.3) is 0 Å². The van der Waals surface area contributed by atoms with Gasteiger partial charge in [-0.2, -0.15) is 0 Å². The summed E-state index contributed by atoms with van der Waals surface area (Å²) in [6, 6.07) is -0.632. The maximum atomic E-state index is 12.4. The number of nitrogens with one attached hydrogen (secondary N) is 1. The highest BCUT2D eigenvalue weighted by atomic mass is 16.5. The molecule has 0 aliphatic carbocycles. The van der Waals surface area contributed by atoms with Gasteiger partial charge < -0.3 is 20.3 Å². The molecule has 390 valence electrons. The van der Waals surface area contributed by atoms with Gasteiger partial charge >= 0.3 is 5.97 Å². The molecule has 0 aromatic heterocycles. The molecule has 0 spiro atoms. The first-order valence-corrected chi connectivity index (χ1v) is 29.6. The van der Waals surface area contributed by atoms with Crippen molar-refractivity contribution in [3.63, 3.8) is 0 Å². The first-order valence-electron chi connectivity index (χ1n) is 29.6. The number of carbonyl (C=O) groups is 2. The van der Waals surface area contributed by atoms with E-state index in [9.17, 15) is 19.8 Å². The predicted molar refractivity (Wildman–Crippen MR) is 287 cm³/mol. The van der Waals surface area contributed by atoms with Crippen LogP contribution in [0.15, 0.2) is 24.3 Å². The highest BCUT2D eigenvalue weighted by molar-refractivity contribution is 5.76. The van der Waals surface area contributed by atoms with Crippen LogP contribution in [-0.4, -0.2) is 47.4 Å². The van der Waals surface area contributed by atoms with E-state index < -0.39 is 12.1 Å². The number of ether oxygens (including phenoxy) is 1. The fourth-order valence-corrected chi connectivity index (χ4v) is 9.16. The van der Waals surface area contributed by atoms with Crippen LogP contribution in [0.5, 0.6) is 0 Å². The Kier molecular flexibility index (Phi) is 54.5. The average molecular weight is 931 g/mol. The van der Waals surface area contributed by atoms with E-state index >= 15 is 0 Å². The fourth-order valence-electron chi connectivity index (χ4n) is 9.16. The molecule has 0 aliphatic heterocycles. The van der Waals surface area contributed by atoms with Crippen molar-refractivity contribution in [1.29, 1.82) is 0 Å². The van der Waals surface area contributed by atoms with Crippen LogP contribution < -0.4 is 5.32 Å². The van der Waals surface area contributed by atoms with Crippen LogP contribution in [0.2, 0.25) is 0 Å². The Morgan fingerprint density at radius 1 is 0.409 bits per heavy atom. The largest absolute Gasteiger partial charge is 0.466 e. The van der Waals surface area contributed by atoms with E-state index in [0.29, 0.717) is 19.4 Å². The number of hydrogen-bond donors (Lipinski definition) is 3. The third-order valence-electron chi connectivity index (χ3n) is 13.7. The quantitative estimate of drug-likeness (QED) is 0.0321. The molecule has 0 saturated carbocycles. The van der Waals surface area contributed by atoms with E-state index in [0.717, 1.165) is 44.9 Å². The molecule has 0 aliphatic rings. The molecule has 0 aromatic rings. The molecule has 0 heterocycles. The van der Waals surface area contributed by atoms with Crippen molar-refractivity contribution in [2.75, 3.05) is 13.2 Å². The number of carbonyl (C=O) groups excluding carboxylic acids is 2. The third-order valence-corrected chi connectivity index (χ3v) is 13.7. The second kappa shape index (κ2) is 55.9. The van der Waals surface area contributed by atoms with Crippen molar-refractivity contribution in [1.82, 2.24) is 5.32 Å². The van der Waals surface area contributed by atoms with Crippen LogP contribution in [0, 0.1) is 0 Å². The molecule has 0 bridgehead atoms. The Morgan fingerprint density at radius 3 is 1.08 bits per heavy atom. The molecule has 2 atom stereocenters. The van der Waals surface area contributed by atoms with Crippen molar-refractivity contribution in [3.8, 4) is 0 Å². The topological polar surface area (TPSA) is 95.9 Å². The molecule has 0 fully saturated rings. The minimum Gasteiger partial charge on any atom is -0.466 e. The lowest BCUT2D eigenvalue weighted by atomic mass is 10.0. The summed E-state index contributed by atoms with van der Waals surface area (Å²) in [4.78, 5) is 24.5. The number of amides is 1. The van der Waals surface area contributed by atoms with Crippen LogP contribution >= 0.6 is 0 Å². The first-order chi connectivity index (χ1) is 32.5. The molecule has 1 amide bonds. The number of esters is 1. The second-order valence-electron chi connectivity index (χ2n) is 20.3. The summed E-state index contributed by atoms with van der Waals surface area (Å²) in [6.07, 6.45) is 67.8. The molecule has 0 aromatic carbocycles. The molecule has 3 N–H and O–H groups in total. The zero-order valence-electron chi connectivity index (χ0n) is 44.4. The molecule has 2 unspecified atom stereocenters. The van der Waals surface area contributed by atoms with Crippen LogP contribution in [0.4, 0.5) is 0 Å². The maximum Gasteiger partial charge on any atom is 0.305 e. The molecular formula is C60H115NO5. The summed E-state index contributed by atoms with van der Waals surface area (Å²) in [5.41, 5.74) is 0. The van der Waals surface area contributed by atoms with Gasteiger partial charge in [0.1, 0.15) is 0 Å². The molecule has 6 nitrogen and oxygen atoms in total. The number of rotatable bonds is 55. The Morgan fingerprint density at radius 2 is 0.712 bits per heavy atom. The summed E-state index contributed by atoms with van der Waals surface area (Å²) in [7, 11) is 0. The van der Waals surface area contributed by atoms with Crippen LogP contribution in [0.3, 0.4) is 0 Å². The zero-order valence-corrected chi connectivity index (χ0v) is 44.4. The van der Waals surface area contributed by atoms with E-state index in [1.807, 2.05) is 6.08 Å². The average Bonchev–Trinajstić information content (AvgIpc) is 3.32. The Balaban J connectivity index is 3.40. The van der Waals surface area contributed by atoms with Gasteiger partial charge in [-0.05, 0) is 57.8 Å². The number of allylic oxidation sites excluding steroid dienone is 3.